The highest BCUT2D eigenvalue weighted by Gasteiger charge is 2.20. The molecule has 2 N–H and O–H groups in total. The predicted octanol–water partition coefficient (Wildman–Crippen LogP) is 1.47. The Morgan fingerprint density at radius 2 is 1.87 bits per heavy atom. The number of carbonyl (C=O) groups excluding carboxylic acids is 1. The van der Waals surface area contributed by atoms with Crippen LogP contribution in [0.5, 0.6) is 5.75 Å². The highest BCUT2D eigenvalue weighted by Crippen LogP contribution is 2.17. The Bertz CT molecular complexity index is 491. The maximum absolute atomic E-state index is 12.1. The minimum absolute atomic E-state index is 0.117. The van der Waals surface area contributed by atoms with Crippen molar-refractivity contribution in [2.75, 3.05) is 51.3 Å². The summed E-state index contributed by atoms with van der Waals surface area (Å²) in [6.45, 7) is 2.75. The lowest BCUT2D eigenvalue weighted by Gasteiger charge is -2.34. The van der Waals surface area contributed by atoms with Crippen molar-refractivity contribution in [3.8, 4) is 5.75 Å². The molecule has 1 saturated heterocycles. The first kappa shape index (κ1) is 17.4. The van der Waals surface area contributed by atoms with Crippen molar-refractivity contribution < 1.29 is 23.4 Å². The maximum Gasteiger partial charge on any atom is 0.321 e. The summed E-state index contributed by atoms with van der Waals surface area (Å²) in [4.78, 5) is 15.9. The average molecular weight is 329 g/mol. The molecule has 0 bridgehead atoms. The van der Waals surface area contributed by atoms with E-state index >= 15 is 0 Å². The van der Waals surface area contributed by atoms with Crippen molar-refractivity contribution in [2.24, 2.45) is 0 Å². The maximum atomic E-state index is 12.1. The third-order valence-electron chi connectivity index (χ3n) is 3.56. The minimum Gasteiger partial charge on any atom is -0.488 e. The van der Waals surface area contributed by atoms with E-state index in [2.05, 4.69) is 10.2 Å². The molecule has 6 nitrogen and oxygen atoms in total. The molecule has 0 unspecified atom stereocenters. The fraction of sp³-hybridized carbons (Fsp3) is 0.533. The summed E-state index contributed by atoms with van der Waals surface area (Å²) in [6.07, 6.45) is -2.51. The highest BCUT2D eigenvalue weighted by molar-refractivity contribution is 5.89. The molecule has 1 heterocycles. The molecule has 0 atom stereocenters. The van der Waals surface area contributed by atoms with Crippen LogP contribution in [-0.2, 0) is 0 Å². The molecule has 2 amide bonds. The quantitative estimate of drug-likeness (QED) is 0.830. The van der Waals surface area contributed by atoms with E-state index in [9.17, 15) is 13.6 Å². The Balaban J connectivity index is 1.79. The van der Waals surface area contributed by atoms with Crippen molar-refractivity contribution in [1.29, 1.82) is 0 Å². The summed E-state index contributed by atoms with van der Waals surface area (Å²) in [7, 11) is 0. The lowest BCUT2D eigenvalue weighted by molar-refractivity contribution is 0.0819. The SMILES string of the molecule is O=C(Nc1ccc(OCC(F)F)cc1)N1CCN(CCO)CC1. The van der Waals surface area contributed by atoms with Crippen molar-refractivity contribution >= 4 is 11.7 Å². The fourth-order valence-electron chi connectivity index (χ4n) is 2.31. The van der Waals surface area contributed by atoms with E-state index in [-0.39, 0.29) is 12.6 Å². The van der Waals surface area contributed by atoms with E-state index in [1.807, 2.05) is 0 Å². The third-order valence-corrected chi connectivity index (χ3v) is 3.56. The zero-order valence-corrected chi connectivity index (χ0v) is 12.8. The van der Waals surface area contributed by atoms with Gasteiger partial charge in [0.25, 0.3) is 6.43 Å². The first-order valence-corrected chi connectivity index (χ1v) is 7.48. The van der Waals surface area contributed by atoms with Crippen LogP contribution < -0.4 is 10.1 Å². The molecule has 128 valence electrons. The van der Waals surface area contributed by atoms with E-state index in [1.165, 1.54) is 12.1 Å². The second-order valence-corrected chi connectivity index (χ2v) is 5.21. The third kappa shape index (κ3) is 5.65. The number of ether oxygens (including phenoxy) is 1. The van der Waals surface area contributed by atoms with Gasteiger partial charge in [0.1, 0.15) is 12.4 Å². The van der Waals surface area contributed by atoms with Crippen LogP contribution in [0.1, 0.15) is 0 Å². The van der Waals surface area contributed by atoms with Crippen LogP contribution in [0.4, 0.5) is 19.3 Å². The number of amides is 2. The second-order valence-electron chi connectivity index (χ2n) is 5.21. The number of aliphatic hydroxyl groups excluding tert-OH is 1. The highest BCUT2D eigenvalue weighted by atomic mass is 19.3. The Hall–Kier alpha value is -1.93. The normalized spacial score (nSPS) is 15.7. The van der Waals surface area contributed by atoms with Gasteiger partial charge in [-0.2, -0.15) is 0 Å². The lowest BCUT2D eigenvalue weighted by Crippen LogP contribution is -2.50. The van der Waals surface area contributed by atoms with Crippen molar-refractivity contribution in [3.05, 3.63) is 24.3 Å². The number of β-amino-alcohol motifs (C(OH)–C–C–N with tert-alkyl or cyclic N) is 1. The molecule has 1 aromatic rings. The Morgan fingerprint density at radius 1 is 1.22 bits per heavy atom. The van der Waals surface area contributed by atoms with Gasteiger partial charge < -0.3 is 20.1 Å². The van der Waals surface area contributed by atoms with Crippen LogP contribution in [0.2, 0.25) is 0 Å². The molecule has 1 aliphatic heterocycles. The molecule has 23 heavy (non-hydrogen) atoms. The van der Waals surface area contributed by atoms with Crippen molar-refractivity contribution in [1.82, 2.24) is 9.80 Å². The number of hydrogen-bond donors (Lipinski definition) is 2. The summed E-state index contributed by atoms with van der Waals surface area (Å²) in [5, 5.41) is 11.7. The first-order chi connectivity index (χ1) is 11.1. The Kier molecular flexibility index (Phi) is 6.54. The Labute approximate surface area is 133 Å². The minimum atomic E-state index is -2.51. The zero-order chi connectivity index (χ0) is 16.7. The van der Waals surface area contributed by atoms with E-state index in [4.69, 9.17) is 9.84 Å². The average Bonchev–Trinajstić information content (AvgIpc) is 2.55. The van der Waals surface area contributed by atoms with Crippen LogP contribution in [-0.4, -0.2) is 73.3 Å². The molecular weight excluding hydrogens is 308 g/mol. The zero-order valence-electron chi connectivity index (χ0n) is 12.8. The number of halogens is 2. The molecule has 8 heteroatoms. The van der Waals surface area contributed by atoms with Gasteiger partial charge in [-0.15, -0.1) is 0 Å². The molecule has 0 spiro atoms. The number of piperazine rings is 1. The molecule has 1 aliphatic rings. The van der Waals surface area contributed by atoms with Crippen LogP contribution in [0.25, 0.3) is 0 Å². The van der Waals surface area contributed by atoms with Gasteiger partial charge in [-0.25, -0.2) is 13.6 Å². The molecule has 0 aliphatic carbocycles. The summed E-state index contributed by atoms with van der Waals surface area (Å²) in [5.74, 6) is 0.334. The standard InChI is InChI=1S/C15H21F2N3O3/c16-14(17)11-23-13-3-1-12(2-4-13)18-15(22)20-7-5-19(6-8-20)9-10-21/h1-4,14,21H,5-11H2,(H,18,22). The summed E-state index contributed by atoms with van der Waals surface area (Å²) in [6, 6.07) is 6.10. The van der Waals surface area contributed by atoms with E-state index < -0.39 is 13.0 Å². The van der Waals surface area contributed by atoms with E-state index in [0.717, 1.165) is 13.1 Å². The molecule has 0 saturated carbocycles. The molecule has 0 aromatic heterocycles. The smallest absolute Gasteiger partial charge is 0.321 e. The molecule has 1 aromatic carbocycles. The van der Waals surface area contributed by atoms with Gasteiger partial charge in [-0.1, -0.05) is 0 Å². The van der Waals surface area contributed by atoms with Gasteiger partial charge in [0, 0.05) is 38.4 Å². The second kappa shape index (κ2) is 8.64. The summed E-state index contributed by atoms with van der Waals surface area (Å²) >= 11 is 0. The molecular formula is C15H21F2N3O3. The van der Waals surface area contributed by atoms with Gasteiger partial charge in [0.05, 0.1) is 6.61 Å². The number of benzene rings is 1. The molecule has 2 rings (SSSR count). The number of nitrogens with zero attached hydrogens (tertiary/aromatic N) is 2. The van der Waals surface area contributed by atoms with Gasteiger partial charge >= 0.3 is 6.03 Å². The van der Waals surface area contributed by atoms with Crippen LogP contribution >= 0.6 is 0 Å². The van der Waals surface area contributed by atoms with E-state index in [1.54, 1.807) is 17.0 Å². The van der Waals surface area contributed by atoms with Gasteiger partial charge in [-0.3, -0.25) is 4.90 Å². The van der Waals surface area contributed by atoms with Crippen LogP contribution in [0.3, 0.4) is 0 Å². The largest absolute Gasteiger partial charge is 0.488 e. The van der Waals surface area contributed by atoms with Gasteiger partial charge in [-0.05, 0) is 24.3 Å². The van der Waals surface area contributed by atoms with Crippen molar-refractivity contribution in [2.45, 2.75) is 6.43 Å². The van der Waals surface area contributed by atoms with Crippen molar-refractivity contribution in [3.63, 3.8) is 0 Å². The van der Waals surface area contributed by atoms with Gasteiger partial charge in [0.15, 0.2) is 0 Å². The van der Waals surface area contributed by atoms with Crippen LogP contribution in [0, 0.1) is 0 Å². The molecule has 1 fully saturated rings. The van der Waals surface area contributed by atoms with Gasteiger partial charge in [0.2, 0.25) is 0 Å². The number of urea groups is 1. The number of anilines is 1. The number of alkyl halides is 2. The predicted molar refractivity (Wildman–Crippen MR) is 82.1 cm³/mol. The summed E-state index contributed by atoms with van der Waals surface area (Å²) < 4.78 is 29.0. The summed E-state index contributed by atoms with van der Waals surface area (Å²) in [5.41, 5.74) is 0.581. The number of aliphatic hydroxyl groups is 1. The Morgan fingerprint density at radius 3 is 2.43 bits per heavy atom. The number of hydrogen-bond acceptors (Lipinski definition) is 4. The first-order valence-electron chi connectivity index (χ1n) is 7.48. The number of carbonyl (C=O) groups is 1. The lowest BCUT2D eigenvalue weighted by atomic mass is 10.3. The topological polar surface area (TPSA) is 65.0 Å². The van der Waals surface area contributed by atoms with E-state index in [0.29, 0.717) is 31.1 Å². The molecule has 0 radical (unpaired) electrons. The fourth-order valence-corrected chi connectivity index (χ4v) is 2.31. The number of nitrogens with one attached hydrogen (secondary N) is 1. The monoisotopic (exact) mass is 329 g/mol. The van der Waals surface area contributed by atoms with Crippen LogP contribution in [0.15, 0.2) is 24.3 Å². The number of rotatable bonds is 6.